The maximum atomic E-state index is 12.9. The Morgan fingerprint density at radius 1 is 1.24 bits per heavy atom. The Hall–Kier alpha value is -2.33. The van der Waals surface area contributed by atoms with Crippen LogP contribution in [-0.2, 0) is 35.8 Å². The van der Waals surface area contributed by atoms with E-state index in [0.29, 0.717) is 18.4 Å². The minimum absolute atomic E-state index is 0.0646. The Kier molecular flexibility index (Phi) is 5.85. The van der Waals surface area contributed by atoms with Gasteiger partial charge < -0.3 is 0 Å². The number of amides is 2. The molecule has 0 aromatic heterocycles. The lowest BCUT2D eigenvalue weighted by Gasteiger charge is -2.19. The van der Waals surface area contributed by atoms with Crippen LogP contribution in [0, 0.1) is 5.82 Å². The number of benzene rings is 1. The molecule has 0 spiro atoms. The Morgan fingerprint density at radius 3 is 2.36 bits per heavy atom. The summed E-state index contributed by atoms with van der Waals surface area (Å²) in [5.74, 6) is -3.80. The number of hydroxylamine groups is 2. The van der Waals surface area contributed by atoms with E-state index in [2.05, 4.69) is 0 Å². The smallest absolute Gasteiger partial charge is 0.288 e. The van der Waals surface area contributed by atoms with Gasteiger partial charge in [0.25, 0.3) is 5.91 Å². The van der Waals surface area contributed by atoms with Gasteiger partial charge in [0.05, 0.1) is 25.3 Å². The number of carbonyl (C=O) groups excluding carboxylic acids is 3. The standard InChI is InChI=1S/C15H17FN2O6S/c1-24-18(9-10-2-4-11(16)5-3-10)14(20)8-13(19)15(21)17-25(22,23)12-6-7-12/h2-5,12H,6-9H2,1H3,(H,17,21). The van der Waals surface area contributed by atoms with Crippen LogP contribution in [0.5, 0.6) is 0 Å². The van der Waals surface area contributed by atoms with Crippen molar-refractivity contribution in [3.63, 3.8) is 0 Å². The first-order valence-corrected chi connectivity index (χ1v) is 8.95. The summed E-state index contributed by atoms with van der Waals surface area (Å²) in [5, 5.41) is 0.169. The van der Waals surface area contributed by atoms with Crippen molar-refractivity contribution in [2.24, 2.45) is 0 Å². The second-order valence-electron chi connectivity index (χ2n) is 5.51. The third kappa shape index (κ3) is 5.33. The molecule has 136 valence electrons. The highest BCUT2D eigenvalue weighted by molar-refractivity contribution is 7.91. The van der Waals surface area contributed by atoms with Gasteiger partial charge in [0.15, 0.2) is 0 Å². The molecule has 0 heterocycles. The van der Waals surface area contributed by atoms with E-state index in [1.54, 1.807) is 4.72 Å². The highest BCUT2D eigenvalue weighted by Crippen LogP contribution is 2.27. The number of hydrogen-bond donors (Lipinski definition) is 1. The van der Waals surface area contributed by atoms with Gasteiger partial charge in [-0.1, -0.05) is 12.1 Å². The lowest BCUT2D eigenvalue weighted by atomic mass is 10.2. The molecular formula is C15H17FN2O6S. The van der Waals surface area contributed by atoms with Crippen molar-refractivity contribution in [1.29, 1.82) is 0 Å². The first-order chi connectivity index (χ1) is 11.7. The van der Waals surface area contributed by atoms with Crippen LogP contribution in [-0.4, -0.2) is 43.4 Å². The normalized spacial score (nSPS) is 14.0. The van der Waals surface area contributed by atoms with E-state index in [0.717, 1.165) is 5.06 Å². The third-order valence-corrected chi connectivity index (χ3v) is 5.32. The van der Waals surface area contributed by atoms with E-state index in [-0.39, 0.29) is 6.54 Å². The fraction of sp³-hybridized carbons (Fsp3) is 0.400. The molecule has 1 aliphatic carbocycles. The maximum Gasteiger partial charge on any atom is 0.301 e. The van der Waals surface area contributed by atoms with E-state index in [1.165, 1.54) is 31.4 Å². The minimum Gasteiger partial charge on any atom is -0.288 e. The van der Waals surface area contributed by atoms with Gasteiger partial charge in [0.2, 0.25) is 15.8 Å². The molecule has 8 nitrogen and oxygen atoms in total. The quantitative estimate of drug-likeness (QED) is 0.399. The van der Waals surface area contributed by atoms with Crippen LogP contribution in [0.25, 0.3) is 0 Å². The Bertz CT molecular complexity index is 774. The molecule has 0 saturated heterocycles. The van der Waals surface area contributed by atoms with Crippen LogP contribution < -0.4 is 4.72 Å². The number of halogens is 1. The van der Waals surface area contributed by atoms with Gasteiger partial charge in [-0.05, 0) is 30.5 Å². The number of hydrogen-bond acceptors (Lipinski definition) is 6. The molecule has 0 atom stereocenters. The molecule has 1 saturated carbocycles. The first kappa shape index (κ1) is 19.0. The van der Waals surface area contributed by atoms with Crippen LogP contribution in [0.1, 0.15) is 24.8 Å². The fourth-order valence-corrected chi connectivity index (χ4v) is 3.26. The van der Waals surface area contributed by atoms with Crippen LogP contribution in [0.2, 0.25) is 0 Å². The van der Waals surface area contributed by atoms with Crippen LogP contribution in [0.15, 0.2) is 24.3 Å². The largest absolute Gasteiger partial charge is 0.301 e. The molecule has 0 radical (unpaired) electrons. The van der Waals surface area contributed by atoms with Crippen molar-refractivity contribution in [2.75, 3.05) is 7.11 Å². The number of rotatable bonds is 8. The van der Waals surface area contributed by atoms with Gasteiger partial charge in [-0.2, -0.15) is 0 Å². The summed E-state index contributed by atoms with van der Waals surface area (Å²) < 4.78 is 37.8. The Labute approximate surface area is 143 Å². The highest BCUT2D eigenvalue weighted by atomic mass is 32.2. The van der Waals surface area contributed by atoms with E-state index in [1.807, 2.05) is 0 Å². The predicted octanol–water partition coefficient (Wildman–Crippen LogP) is 0.283. The number of sulfonamides is 1. The summed E-state index contributed by atoms with van der Waals surface area (Å²) in [4.78, 5) is 40.3. The molecule has 0 aliphatic heterocycles. The topological polar surface area (TPSA) is 110 Å². The average molecular weight is 372 g/mol. The molecule has 10 heteroatoms. The van der Waals surface area contributed by atoms with Crippen molar-refractivity contribution in [2.45, 2.75) is 31.1 Å². The Morgan fingerprint density at radius 2 is 1.84 bits per heavy atom. The molecule has 25 heavy (non-hydrogen) atoms. The average Bonchev–Trinajstić information content (AvgIpc) is 3.39. The second-order valence-corrected chi connectivity index (χ2v) is 7.48. The highest BCUT2D eigenvalue weighted by Gasteiger charge is 2.38. The van der Waals surface area contributed by atoms with Crippen LogP contribution >= 0.6 is 0 Å². The lowest BCUT2D eigenvalue weighted by molar-refractivity contribution is -0.180. The molecule has 2 rings (SSSR count). The molecule has 1 aromatic rings. The zero-order valence-electron chi connectivity index (χ0n) is 13.4. The van der Waals surface area contributed by atoms with E-state index in [4.69, 9.17) is 4.84 Å². The zero-order chi connectivity index (χ0) is 18.6. The van der Waals surface area contributed by atoms with Gasteiger partial charge in [0.1, 0.15) is 5.82 Å². The van der Waals surface area contributed by atoms with Crippen molar-refractivity contribution >= 4 is 27.6 Å². The fourth-order valence-electron chi connectivity index (χ4n) is 1.96. The van der Waals surface area contributed by atoms with E-state index < -0.39 is 45.1 Å². The van der Waals surface area contributed by atoms with Crippen molar-refractivity contribution < 1.29 is 32.0 Å². The first-order valence-electron chi connectivity index (χ1n) is 7.40. The van der Waals surface area contributed by atoms with Gasteiger partial charge in [-0.15, -0.1) is 0 Å². The van der Waals surface area contributed by atoms with Crippen LogP contribution in [0.3, 0.4) is 0 Å². The molecule has 1 aromatic carbocycles. The van der Waals surface area contributed by atoms with Gasteiger partial charge in [0, 0.05) is 0 Å². The molecule has 1 fully saturated rings. The number of nitrogens with one attached hydrogen (secondary N) is 1. The van der Waals surface area contributed by atoms with Crippen molar-refractivity contribution in [3.8, 4) is 0 Å². The second kappa shape index (κ2) is 7.70. The summed E-state index contributed by atoms with van der Waals surface area (Å²) in [7, 11) is -2.66. The Balaban J connectivity index is 1.92. The minimum atomic E-state index is -3.86. The van der Waals surface area contributed by atoms with Gasteiger partial charge in [-0.3, -0.25) is 19.2 Å². The molecular weight excluding hydrogens is 355 g/mol. The monoisotopic (exact) mass is 372 g/mol. The third-order valence-electron chi connectivity index (χ3n) is 3.50. The molecule has 0 bridgehead atoms. The van der Waals surface area contributed by atoms with Crippen molar-refractivity contribution in [1.82, 2.24) is 9.79 Å². The summed E-state index contributed by atoms with van der Waals surface area (Å²) in [5.41, 5.74) is 0.546. The summed E-state index contributed by atoms with van der Waals surface area (Å²) in [6.45, 7) is -0.0646. The summed E-state index contributed by atoms with van der Waals surface area (Å²) in [6.07, 6.45) is 0.0246. The molecule has 2 amide bonds. The summed E-state index contributed by atoms with van der Waals surface area (Å²) in [6, 6.07) is 5.28. The van der Waals surface area contributed by atoms with E-state index >= 15 is 0 Å². The molecule has 0 unspecified atom stereocenters. The lowest BCUT2D eigenvalue weighted by Crippen LogP contribution is -2.40. The predicted molar refractivity (Wildman–Crippen MR) is 83.7 cm³/mol. The molecule has 1 aliphatic rings. The SMILES string of the molecule is CON(Cc1ccc(F)cc1)C(=O)CC(=O)C(=O)NS(=O)(=O)C1CC1. The van der Waals surface area contributed by atoms with Gasteiger partial charge >= 0.3 is 5.91 Å². The van der Waals surface area contributed by atoms with Crippen molar-refractivity contribution in [3.05, 3.63) is 35.6 Å². The molecule has 1 N–H and O–H groups in total. The van der Waals surface area contributed by atoms with Crippen LogP contribution in [0.4, 0.5) is 4.39 Å². The zero-order valence-corrected chi connectivity index (χ0v) is 14.2. The number of carbonyl (C=O) groups is 3. The van der Waals surface area contributed by atoms with E-state index in [9.17, 15) is 27.2 Å². The van der Waals surface area contributed by atoms with Gasteiger partial charge in [-0.25, -0.2) is 22.6 Å². The maximum absolute atomic E-state index is 12.9. The number of Topliss-reactive ketones (excluding diaryl/α,β-unsaturated/α-hetero) is 1. The number of ketones is 1. The summed E-state index contributed by atoms with van der Waals surface area (Å²) >= 11 is 0. The number of nitrogens with zero attached hydrogens (tertiary/aromatic N) is 1.